The largest absolute Gasteiger partial charge is 0.400 e. The fourth-order valence-electron chi connectivity index (χ4n) is 2.45. The molecular formula is C11H22FNOSi. The third-order valence-corrected chi connectivity index (χ3v) is 6.67. The van der Waals surface area contributed by atoms with Crippen LogP contribution in [0.25, 0.3) is 0 Å². The van der Waals surface area contributed by atoms with Crippen molar-refractivity contribution in [2.24, 2.45) is 0 Å². The molecule has 1 aliphatic rings. The minimum atomic E-state index is -1.28. The second-order valence-corrected chi connectivity index (χ2v) is 11.3. The third kappa shape index (κ3) is 3.29. The van der Waals surface area contributed by atoms with Gasteiger partial charge in [0, 0.05) is 21.2 Å². The van der Waals surface area contributed by atoms with Crippen molar-refractivity contribution in [2.45, 2.75) is 56.9 Å². The first kappa shape index (κ1) is 12.7. The highest BCUT2D eigenvalue weighted by Crippen LogP contribution is 2.38. The van der Waals surface area contributed by atoms with Gasteiger partial charge in [0.05, 0.1) is 0 Å². The fraction of sp³-hybridized carbons (Fsp3) is 0.909. The van der Waals surface area contributed by atoms with E-state index in [-0.39, 0.29) is 6.04 Å². The van der Waals surface area contributed by atoms with Gasteiger partial charge in [-0.05, 0) is 18.4 Å². The third-order valence-electron chi connectivity index (χ3n) is 3.70. The van der Waals surface area contributed by atoms with E-state index in [2.05, 4.69) is 19.6 Å². The van der Waals surface area contributed by atoms with Crippen molar-refractivity contribution < 1.29 is 9.18 Å². The number of amides is 1. The van der Waals surface area contributed by atoms with E-state index in [1.54, 1.807) is 7.05 Å². The van der Waals surface area contributed by atoms with E-state index < -0.39 is 14.2 Å². The van der Waals surface area contributed by atoms with Crippen LogP contribution in [0.2, 0.25) is 25.2 Å². The van der Waals surface area contributed by atoms with E-state index in [1.165, 1.54) is 11.3 Å². The second-order valence-electron chi connectivity index (χ2n) is 5.75. The van der Waals surface area contributed by atoms with Crippen LogP contribution in [0.1, 0.15) is 25.7 Å². The lowest BCUT2D eigenvalue weighted by Gasteiger charge is -2.39. The molecule has 2 unspecified atom stereocenters. The number of hydrogen-bond donors (Lipinski definition) is 0. The summed E-state index contributed by atoms with van der Waals surface area (Å²) < 4.78 is 12.6. The Morgan fingerprint density at radius 2 is 1.93 bits per heavy atom. The standard InChI is InChI=1S/C11H22FNOSi/c1-13(11(12)14)9-6-5-7-10(8-9)15(2,3)4/h9-10H,5-8H2,1-4H3. The Bertz CT molecular complexity index is 239. The Hall–Kier alpha value is -0.383. The zero-order chi connectivity index (χ0) is 11.6. The second kappa shape index (κ2) is 4.64. The topological polar surface area (TPSA) is 20.3 Å². The molecule has 1 saturated carbocycles. The Morgan fingerprint density at radius 3 is 2.40 bits per heavy atom. The maximum Gasteiger partial charge on any atom is 0.400 e. The molecule has 1 aliphatic carbocycles. The predicted molar refractivity (Wildman–Crippen MR) is 63.6 cm³/mol. The summed E-state index contributed by atoms with van der Waals surface area (Å²) in [7, 11) is 0.444. The van der Waals surface area contributed by atoms with Crippen LogP contribution in [-0.4, -0.2) is 32.2 Å². The molecule has 0 saturated heterocycles. The maximum atomic E-state index is 12.6. The maximum absolute atomic E-state index is 12.6. The molecule has 1 fully saturated rings. The van der Waals surface area contributed by atoms with Gasteiger partial charge in [0.15, 0.2) is 0 Å². The normalized spacial score (nSPS) is 27.5. The molecule has 1 rings (SSSR count). The summed E-state index contributed by atoms with van der Waals surface area (Å²) in [5, 5.41) is 0. The van der Waals surface area contributed by atoms with E-state index in [1.807, 2.05) is 0 Å². The van der Waals surface area contributed by atoms with E-state index in [4.69, 9.17) is 0 Å². The van der Waals surface area contributed by atoms with Gasteiger partial charge in [-0.1, -0.05) is 32.5 Å². The van der Waals surface area contributed by atoms with Crippen molar-refractivity contribution in [1.29, 1.82) is 0 Å². The number of rotatable bonds is 2. The van der Waals surface area contributed by atoms with Crippen molar-refractivity contribution in [3.63, 3.8) is 0 Å². The number of halogens is 1. The van der Waals surface area contributed by atoms with Crippen molar-refractivity contribution in [2.75, 3.05) is 7.05 Å². The summed E-state index contributed by atoms with van der Waals surface area (Å²) in [6, 6.07) is 0.132. The Labute approximate surface area is 92.9 Å². The molecule has 0 spiro atoms. The van der Waals surface area contributed by atoms with Crippen LogP contribution in [-0.2, 0) is 0 Å². The summed E-state index contributed by atoms with van der Waals surface area (Å²) in [6.07, 6.45) is 3.09. The van der Waals surface area contributed by atoms with Gasteiger partial charge in [0.2, 0.25) is 0 Å². The smallest absolute Gasteiger partial charge is 0.315 e. The summed E-state index contributed by atoms with van der Waals surface area (Å²) in [5.74, 6) is 0. The first-order valence-corrected chi connectivity index (χ1v) is 9.32. The highest BCUT2D eigenvalue weighted by molar-refractivity contribution is 6.77. The van der Waals surface area contributed by atoms with Gasteiger partial charge >= 0.3 is 6.16 Å². The molecule has 0 aromatic carbocycles. The van der Waals surface area contributed by atoms with Crippen LogP contribution < -0.4 is 0 Å². The van der Waals surface area contributed by atoms with E-state index in [9.17, 15) is 9.18 Å². The lowest BCUT2D eigenvalue weighted by atomic mass is 9.94. The molecule has 0 aliphatic heterocycles. The SMILES string of the molecule is CN(C(=O)F)C1CCCC([Si](C)(C)C)C1. The summed E-state index contributed by atoms with van der Waals surface area (Å²) >= 11 is 0. The molecule has 88 valence electrons. The zero-order valence-corrected chi connectivity index (χ0v) is 11.2. The van der Waals surface area contributed by atoms with Crippen LogP contribution in [0, 0.1) is 0 Å². The molecular weight excluding hydrogens is 209 g/mol. The molecule has 0 aromatic heterocycles. The van der Waals surface area contributed by atoms with Crippen LogP contribution in [0.4, 0.5) is 9.18 Å². The number of hydrogen-bond acceptors (Lipinski definition) is 1. The van der Waals surface area contributed by atoms with Crippen LogP contribution in [0.3, 0.4) is 0 Å². The average molecular weight is 231 g/mol. The minimum absolute atomic E-state index is 0.132. The Kier molecular flexibility index (Phi) is 3.92. The molecule has 4 heteroatoms. The first-order valence-electron chi connectivity index (χ1n) is 5.74. The van der Waals surface area contributed by atoms with Gasteiger partial charge in [0.1, 0.15) is 0 Å². The lowest BCUT2D eigenvalue weighted by Crippen LogP contribution is -2.41. The van der Waals surface area contributed by atoms with Crippen molar-refractivity contribution in [3.05, 3.63) is 0 Å². The van der Waals surface area contributed by atoms with Crippen LogP contribution in [0.15, 0.2) is 0 Å². The van der Waals surface area contributed by atoms with E-state index in [0.717, 1.165) is 24.8 Å². The number of carbonyl (C=O) groups excluding carboxylic acids is 1. The molecule has 0 radical (unpaired) electrons. The average Bonchev–Trinajstić information content (AvgIpc) is 2.15. The van der Waals surface area contributed by atoms with Crippen LogP contribution >= 0.6 is 0 Å². The van der Waals surface area contributed by atoms with Gasteiger partial charge in [-0.25, -0.2) is 4.79 Å². The molecule has 2 nitrogen and oxygen atoms in total. The molecule has 0 bridgehead atoms. The number of nitrogens with zero attached hydrogens (tertiary/aromatic N) is 1. The predicted octanol–water partition coefficient (Wildman–Crippen LogP) is 3.66. The molecule has 0 aromatic rings. The highest BCUT2D eigenvalue weighted by Gasteiger charge is 2.34. The molecule has 1 amide bonds. The van der Waals surface area contributed by atoms with Gasteiger partial charge in [-0.2, -0.15) is 0 Å². The van der Waals surface area contributed by atoms with Gasteiger partial charge in [-0.3, -0.25) is 0 Å². The summed E-state index contributed by atoms with van der Waals surface area (Å²) in [6.45, 7) is 7.08. The summed E-state index contributed by atoms with van der Waals surface area (Å²) in [5.41, 5.74) is 0.734. The lowest BCUT2D eigenvalue weighted by molar-refractivity contribution is 0.152. The zero-order valence-electron chi connectivity index (χ0n) is 10.2. The fourth-order valence-corrected chi connectivity index (χ4v) is 4.50. The first-order chi connectivity index (χ1) is 6.82. The Morgan fingerprint density at radius 1 is 1.33 bits per heavy atom. The molecule has 15 heavy (non-hydrogen) atoms. The van der Waals surface area contributed by atoms with Crippen LogP contribution in [0.5, 0.6) is 0 Å². The van der Waals surface area contributed by atoms with Gasteiger partial charge in [-0.15, -0.1) is 4.39 Å². The van der Waals surface area contributed by atoms with E-state index in [0.29, 0.717) is 0 Å². The monoisotopic (exact) mass is 231 g/mol. The number of carbonyl (C=O) groups is 1. The van der Waals surface area contributed by atoms with Crippen molar-refractivity contribution >= 4 is 14.2 Å². The van der Waals surface area contributed by atoms with Crippen molar-refractivity contribution in [1.82, 2.24) is 4.90 Å². The van der Waals surface area contributed by atoms with Gasteiger partial charge in [0.25, 0.3) is 0 Å². The Balaban J connectivity index is 2.60. The summed E-state index contributed by atoms with van der Waals surface area (Å²) in [4.78, 5) is 12.0. The molecule has 2 atom stereocenters. The minimum Gasteiger partial charge on any atom is -0.315 e. The highest BCUT2D eigenvalue weighted by atomic mass is 28.3. The molecule has 0 N–H and O–H groups in total. The van der Waals surface area contributed by atoms with Crippen molar-refractivity contribution in [3.8, 4) is 0 Å². The van der Waals surface area contributed by atoms with Gasteiger partial charge < -0.3 is 4.90 Å². The molecule has 0 heterocycles. The van der Waals surface area contributed by atoms with E-state index >= 15 is 0 Å². The quantitative estimate of drug-likeness (QED) is 0.403.